The SMILES string of the molecule is O=C(c1ccccc1C(F)(F)F)N1CCN(C(=O)C2CC2c2ccc(F)cc2)CC1. The highest BCUT2D eigenvalue weighted by Crippen LogP contribution is 2.48. The summed E-state index contributed by atoms with van der Waals surface area (Å²) in [6.45, 7) is 0.937. The van der Waals surface area contributed by atoms with E-state index >= 15 is 0 Å². The van der Waals surface area contributed by atoms with Crippen LogP contribution < -0.4 is 0 Å². The summed E-state index contributed by atoms with van der Waals surface area (Å²) in [5, 5.41) is 0. The number of rotatable bonds is 3. The second kappa shape index (κ2) is 7.74. The van der Waals surface area contributed by atoms with E-state index in [1.807, 2.05) is 0 Å². The Bertz CT molecular complexity index is 950. The van der Waals surface area contributed by atoms with Gasteiger partial charge in [-0.25, -0.2) is 4.39 Å². The van der Waals surface area contributed by atoms with Crippen molar-refractivity contribution in [1.82, 2.24) is 9.80 Å². The van der Waals surface area contributed by atoms with Gasteiger partial charge in [0.2, 0.25) is 5.91 Å². The number of piperazine rings is 1. The van der Waals surface area contributed by atoms with Gasteiger partial charge in [0.25, 0.3) is 5.91 Å². The Balaban J connectivity index is 1.36. The Morgan fingerprint density at radius 1 is 0.867 bits per heavy atom. The molecule has 30 heavy (non-hydrogen) atoms. The number of amides is 2. The van der Waals surface area contributed by atoms with Crippen molar-refractivity contribution in [2.45, 2.75) is 18.5 Å². The zero-order chi connectivity index (χ0) is 21.5. The Morgan fingerprint density at radius 2 is 1.47 bits per heavy atom. The number of nitrogens with zero attached hydrogens (tertiary/aromatic N) is 2. The quantitative estimate of drug-likeness (QED) is 0.706. The van der Waals surface area contributed by atoms with Crippen molar-refractivity contribution < 1.29 is 27.2 Å². The molecular weight excluding hydrogens is 400 g/mol. The normalized spacial score (nSPS) is 21.5. The van der Waals surface area contributed by atoms with Gasteiger partial charge in [0.1, 0.15) is 5.82 Å². The van der Waals surface area contributed by atoms with Crippen molar-refractivity contribution >= 4 is 11.8 Å². The molecule has 8 heteroatoms. The number of hydrogen-bond acceptors (Lipinski definition) is 2. The topological polar surface area (TPSA) is 40.6 Å². The molecule has 158 valence electrons. The maximum absolute atomic E-state index is 13.2. The van der Waals surface area contributed by atoms with E-state index in [1.54, 1.807) is 17.0 Å². The van der Waals surface area contributed by atoms with Crippen LogP contribution in [0.1, 0.15) is 33.8 Å². The summed E-state index contributed by atoms with van der Waals surface area (Å²) in [6, 6.07) is 10.9. The van der Waals surface area contributed by atoms with E-state index in [4.69, 9.17) is 0 Å². The minimum Gasteiger partial charge on any atom is -0.339 e. The van der Waals surface area contributed by atoms with Crippen LogP contribution in [0.5, 0.6) is 0 Å². The molecule has 4 rings (SSSR count). The molecule has 2 unspecified atom stereocenters. The van der Waals surface area contributed by atoms with Crippen molar-refractivity contribution in [3.8, 4) is 0 Å². The number of carbonyl (C=O) groups excluding carboxylic acids is 2. The summed E-state index contributed by atoms with van der Waals surface area (Å²) in [4.78, 5) is 28.4. The summed E-state index contributed by atoms with van der Waals surface area (Å²) >= 11 is 0. The first-order chi connectivity index (χ1) is 14.3. The van der Waals surface area contributed by atoms with E-state index in [9.17, 15) is 27.2 Å². The van der Waals surface area contributed by atoms with Crippen molar-refractivity contribution in [3.05, 3.63) is 71.0 Å². The van der Waals surface area contributed by atoms with Crippen LogP contribution >= 0.6 is 0 Å². The maximum atomic E-state index is 13.2. The van der Waals surface area contributed by atoms with Crippen molar-refractivity contribution in [2.24, 2.45) is 5.92 Å². The van der Waals surface area contributed by atoms with Gasteiger partial charge < -0.3 is 9.80 Å². The molecule has 1 aliphatic heterocycles. The standard InChI is InChI=1S/C22H20F4N2O2/c23-15-7-5-14(6-8-15)17-13-18(17)21(30)28-11-9-27(10-12-28)20(29)16-3-1-2-4-19(16)22(24,25)26/h1-8,17-18H,9-13H2. The monoisotopic (exact) mass is 420 g/mol. The first kappa shape index (κ1) is 20.4. The summed E-state index contributed by atoms with van der Waals surface area (Å²) < 4.78 is 52.6. The molecule has 1 aliphatic carbocycles. The molecule has 2 aromatic carbocycles. The summed E-state index contributed by atoms with van der Waals surface area (Å²) in [7, 11) is 0. The fraction of sp³-hybridized carbons (Fsp3) is 0.364. The lowest BCUT2D eigenvalue weighted by Crippen LogP contribution is -2.51. The van der Waals surface area contributed by atoms with E-state index in [0.29, 0.717) is 6.42 Å². The van der Waals surface area contributed by atoms with E-state index in [1.165, 1.54) is 35.2 Å². The maximum Gasteiger partial charge on any atom is 0.417 e. The molecule has 1 heterocycles. The van der Waals surface area contributed by atoms with Crippen molar-refractivity contribution in [3.63, 3.8) is 0 Å². The molecule has 2 atom stereocenters. The van der Waals surface area contributed by atoms with Gasteiger partial charge in [-0.3, -0.25) is 9.59 Å². The highest BCUT2D eigenvalue weighted by Gasteiger charge is 2.46. The van der Waals surface area contributed by atoms with Gasteiger partial charge in [-0.1, -0.05) is 24.3 Å². The fourth-order valence-electron chi connectivity index (χ4n) is 4.00. The van der Waals surface area contributed by atoms with Gasteiger partial charge in [-0.15, -0.1) is 0 Å². The van der Waals surface area contributed by atoms with Gasteiger partial charge >= 0.3 is 6.18 Å². The number of benzene rings is 2. The minimum atomic E-state index is -4.61. The number of halogens is 4. The average molecular weight is 420 g/mol. The van der Waals surface area contributed by atoms with Crippen LogP contribution in [-0.2, 0) is 11.0 Å². The highest BCUT2D eigenvalue weighted by molar-refractivity contribution is 5.96. The first-order valence-electron chi connectivity index (χ1n) is 9.75. The summed E-state index contributed by atoms with van der Waals surface area (Å²) in [6.07, 6.45) is -3.91. The highest BCUT2D eigenvalue weighted by atomic mass is 19.4. The van der Waals surface area contributed by atoms with Crippen LogP contribution in [0.15, 0.2) is 48.5 Å². The Morgan fingerprint density at radius 3 is 2.10 bits per heavy atom. The number of alkyl halides is 3. The molecule has 0 aromatic heterocycles. The second-order valence-corrected chi connectivity index (χ2v) is 7.66. The predicted octanol–water partition coefficient (Wildman–Crippen LogP) is 3.93. The van der Waals surface area contributed by atoms with Crippen LogP contribution in [0, 0.1) is 11.7 Å². The molecule has 4 nitrogen and oxygen atoms in total. The minimum absolute atomic E-state index is 0.0212. The Kier molecular flexibility index (Phi) is 5.26. The molecule has 1 saturated carbocycles. The van der Waals surface area contributed by atoms with Gasteiger partial charge in [0.15, 0.2) is 0 Å². The van der Waals surface area contributed by atoms with E-state index in [0.717, 1.165) is 11.6 Å². The average Bonchev–Trinajstić information content (AvgIpc) is 3.53. The third-order valence-corrected chi connectivity index (χ3v) is 5.75. The van der Waals surface area contributed by atoms with Gasteiger partial charge in [0, 0.05) is 32.1 Å². The molecule has 2 aliphatic rings. The van der Waals surface area contributed by atoms with E-state index in [-0.39, 0.29) is 55.3 Å². The Labute approximate surface area is 171 Å². The predicted molar refractivity (Wildman–Crippen MR) is 101 cm³/mol. The molecule has 0 N–H and O–H groups in total. The van der Waals surface area contributed by atoms with Gasteiger partial charge in [-0.2, -0.15) is 13.2 Å². The third-order valence-electron chi connectivity index (χ3n) is 5.75. The molecule has 2 amide bonds. The van der Waals surface area contributed by atoms with Gasteiger partial charge in [0.05, 0.1) is 11.1 Å². The summed E-state index contributed by atoms with van der Waals surface area (Å²) in [5.41, 5.74) is -0.399. The van der Waals surface area contributed by atoms with Crippen molar-refractivity contribution in [1.29, 1.82) is 0 Å². The summed E-state index contributed by atoms with van der Waals surface area (Å²) in [5.74, 6) is -1.12. The second-order valence-electron chi connectivity index (χ2n) is 7.66. The molecule has 0 radical (unpaired) electrons. The number of hydrogen-bond donors (Lipinski definition) is 0. The van der Waals surface area contributed by atoms with Crippen LogP contribution in [-0.4, -0.2) is 47.8 Å². The molecule has 2 aromatic rings. The molecule has 2 fully saturated rings. The first-order valence-corrected chi connectivity index (χ1v) is 9.75. The zero-order valence-electron chi connectivity index (χ0n) is 16.0. The lowest BCUT2D eigenvalue weighted by Gasteiger charge is -2.35. The third kappa shape index (κ3) is 4.04. The fourth-order valence-corrected chi connectivity index (χ4v) is 4.00. The molecule has 1 saturated heterocycles. The number of carbonyl (C=O) groups is 2. The van der Waals surface area contributed by atoms with Crippen molar-refractivity contribution in [2.75, 3.05) is 26.2 Å². The lowest BCUT2D eigenvalue weighted by atomic mass is 10.1. The van der Waals surface area contributed by atoms with Gasteiger partial charge in [-0.05, 0) is 42.2 Å². The van der Waals surface area contributed by atoms with Crippen LogP contribution in [0.4, 0.5) is 17.6 Å². The molecule has 0 spiro atoms. The van der Waals surface area contributed by atoms with Crippen LogP contribution in [0.25, 0.3) is 0 Å². The Hall–Kier alpha value is -2.90. The largest absolute Gasteiger partial charge is 0.417 e. The van der Waals surface area contributed by atoms with E-state index in [2.05, 4.69) is 0 Å². The molecular formula is C22H20F4N2O2. The lowest BCUT2D eigenvalue weighted by molar-refractivity contribution is -0.138. The smallest absolute Gasteiger partial charge is 0.339 e. The van der Waals surface area contributed by atoms with E-state index < -0.39 is 17.6 Å². The molecule has 0 bridgehead atoms. The van der Waals surface area contributed by atoms with Crippen LogP contribution in [0.3, 0.4) is 0 Å². The zero-order valence-corrected chi connectivity index (χ0v) is 16.0. The van der Waals surface area contributed by atoms with Crippen LogP contribution in [0.2, 0.25) is 0 Å².